The van der Waals surface area contributed by atoms with E-state index in [1.807, 2.05) is 30.3 Å². The number of nitrogens with one attached hydrogen (secondary N) is 2. The number of rotatable bonds is 3. The highest BCUT2D eigenvalue weighted by Crippen LogP contribution is 2.28. The first-order chi connectivity index (χ1) is 10.1. The summed E-state index contributed by atoms with van der Waals surface area (Å²) in [4.78, 5) is 16.6. The predicted octanol–water partition coefficient (Wildman–Crippen LogP) is 4.36. The van der Waals surface area contributed by atoms with E-state index in [9.17, 15) is 4.79 Å². The Morgan fingerprint density at radius 1 is 1.14 bits per heavy atom. The lowest BCUT2D eigenvalue weighted by Gasteiger charge is -2.10. The van der Waals surface area contributed by atoms with Crippen molar-refractivity contribution in [3.63, 3.8) is 0 Å². The molecule has 0 unspecified atom stereocenters. The van der Waals surface area contributed by atoms with Gasteiger partial charge in [0, 0.05) is 17.1 Å². The molecule has 106 valence electrons. The third kappa shape index (κ3) is 2.95. The average molecular weight is 338 g/mol. The Balaban J connectivity index is 1.77. The maximum atomic E-state index is 12.1. The zero-order valence-corrected chi connectivity index (χ0v) is 12.9. The molecule has 4 nitrogen and oxygen atoms in total. The smallest absolute Gasteiger partial charge is 0.279 e. The summed E-state index contributed by atoms with van der Waals surface area (Å²) in [5.41, 5.74) is 5.73. The maximum Gasteiger partial charge on any atom is 0.279 e. The van der Waals surface area contributed by atoms with Gasteiger partial charge in [-0.2, -0.15) is 0 Å². The minimum atomic E-state index is -0.250. The molecule has 7 heteroatoms. The van der Waals surface area contributed by atoms with Gasteiger partial charge in [0.2, 0.25) is 0 Å². The standard InChI is InChI=1S/C14H9Cl2N3OS/c15-9-6-17-7-10(16)13(9)18-19-14(20)12-5-8-3-1-2-4-11(8)21-12/h1-7H,(H,17,18)(H,19,20). The fourth-order valence-corrected chi connectivity index (χ4v) is 3.22. The van der Waals surface area contributed by atoms with Crippen LogP contribution in [0.4, 0.5) is 5.69 Å². The molecule has 0 aliphatic heterocycles. The molecule has 1 amide bonds. The number of benzene rings is 1. The Labute approximate surface area is 134 Å². The lowest BCUT2D eigenvalue weighted by atomic mass is 10.2. The van der Waals surface area contributed by atoms with Crippen LogP contribution in [-0.2, 0) is 0 Å². The van der Waals surface area contributed by atoms with Crippen molar-refractivity contribution in [1.82, 2.24) is 10.4 Å². The van der Waals surface area contributed by atoms with Crippen LogP contribution in [0.1, 0.15) is 9.67 Å². The van der Waals surface area contributed by atoms with E-state index in [-0.39, 0.29) is 5.91 Å². The molecule has 2 heterocycles. The molecule has 0 saturated carbocycles. The second-order valence-corrected chi connectivity index (χ2v) is 6.10. The van der Waals surface area contributed by atoms with Gasteiger partial charge in [0.25, 0.3) is 5.91 Å². The van der Waals surface area contributed by atoms with E-state index in [0.717, 1.165) is 10.1 Å². The molecule has 0 fully saturated rings. The second-order valence-electron chi connectivity index (χ2n) is 4.21. The molecule has 0 radical (unpaired) electrons. The van der Waals surface area contributed by atoms with Crippen LogP contribution in [0.2, 0.25) is 10.0 Å². The molecule has 0 bridgehead atoms. The molecular formula is C14H9Cl2N3OS. The van der Waals surface area contributed by atoms with Gasteiger partial charge in [0.15, 0.2) is 0 Å². The normalized spacial score (nSPS) is 10.6. The summed E-state index contributed by atoms with van der Waals surface area (Å²) in [7, 11) is 0. The minimum Gasteiger partial charge on any atom is -0.295 e. The zero-order chi connectivity index (χ0) is 14.8. The van der Waals surface area contributed by atoms with Crippen molar-refractivity contribution in [2.24, 2.45) is 0 Å². The number of hydrazine groups is 1. The van der Waals surface area contributed by atoms with Gasteiger partial charge >= 0.3 is 0 Å². The number of hydrogen-bond acceptors (Lipinski definition) is 4. The maximum absolute atomic E-state index is 12.1. The number of nitrogens with zero attached hydrogens (tertiary/aromatic N) is 1. The summed E-state index contributed by atoms with van der Waals surface area (Å²) < 4.78 is 1.06. The van der Waals surface area contributed by atoms with Crippen LogP contribution in [0, 0.1) is 0 Å². The van der Waals surface area contributed by atoms with Gasteiger partial charge in [0.1, 0.15) is 0 Å². The molecule has 0 saturated heterocycles. The van der Waals surface area contributed by atoms with Crippen LogP contribution in [0.25, 0.3) is 10.1 Å². The fourth-order valence-electron chi connectivity index (χ4n) is 1.81. The van der Waals surface area contributed by atoms with Crippen LogP contribution >= 0.6 is 34.5 Å². The number of thiophene rings is 1. The van der Waals surface area contributed by atoms with Crippen LogP contribution in [-0.4, -0.2) is 10.9 Å². The molecule has 21 heavy (non-hydrogen) atoms. The molecule has 0 aliphatic carbocycles. The van der Waals surface area contributed by atoms with E-state index in [2.05, 4.69) is 15.8 Å². The minimum absolute atomic E-state index is 0.250. The SMILES string of the molecule is O=C(NNc1c(Cl)cncc1Cl)c1cc2ccccc2s1. The summed E-state index contributed by atoms with van der Waals surface area (Å²) >= 11 is 13.3. The monoisotopic (exact) mass is 337 g/mol. The molecule has 3 rings (SSSR count). The van der Waals surface area contributed by atoms with Crippen molar-refractivity contribution >= 4 is 56.2 Å². The van der Waals surface area contributed by atoms with Crippen molar-refractivity contribution in [2.45, 2.75) is 0 Å². The van der Waals surface area contributed by atoms with Gasteiger partial charge in [0.05, 0.1) is 20.6 Å². The summed E-state index contributed by atoms with van der Waals surface area (Å²) in [6, 6.07) is 9.65. The predicted molar refractivity (Wildman–Crippen MR) is 87.2 cm³/mol. The number of pyridine rings is 1. The van der Waals surface area contributed by atoms with Crippen molar-refractivity contribution in [2.75, 3.05) is 5.43 Å². The van der Waals surface area contributed by atoms with Gasteiger partial charge in [-0.15, -0.1) is 11.3 Å². The van der Waals surface area contributed by atoms with Crippen molar-refractivity contribution < 1.29 is 4.79 Å². The second kappa shape index (κ2) is 5.89. The topological polar surface area (TPSA) is 54.0 Å². The number of carbonyl (C=O) groups excluding carboxylic acids is 1. The average Bonchev–Trinajstić information content (AvgIpc) is 2.90. The van der Waals surface area contributed by atoms with Gasteiger partial charge in [-0.05, 0) is 17.5 Å². The summed E-state index contributed by atoms with van der Waals surface area (Å²) in [5.74, 6) is -0.250. The van der Waals surface area contributed by atoms with Crippen molar-refractivity contribution in [1.29, 1.82) is 0 Å². The van der Waals surface area contributed by atoms with Crippen molar-refractivity contribution in [3.05, 3.63) is 57.6 Å². The molecule has 0 spiro atoms. The lowest BCUT2D eigenvalue weighted by Crippen LogP contribution is -2.29. The first kappa shape index (κ1) is 14.1. The van der Waals surface area contributed by atoms with Gasteiger partial charge < -0.3 is 0 Å². The van der Waals surface area contributed by atoms with Crippen LogP contribution in [0.5, 0.6) is 0 Å². The first-order valence-electron chi connectivity index (χ1n) is 5.99. The van der Waals surface area contributed by atoms with Crippen molar-refractivity contribution in [3.8, 4) is 0 Å². The summed E-state index contributed by atoms with van der Waals surface area (Å²) in [6.45, 7) is 0. The largest absolute Gasteiger partial charge is 0.295 e. The Morgan fingerprint density at radius 3 is 2.57 bits per heavy atom. The Bertz CT molecular complexity index is 766. The number of carbonyl (C=O) groups is 1. The highest BCUT2D eigenvalue weighted by Gasteiger charge is 2.11. The molecule has 1 aromatic carbocycles. The quantitative estimate of drug-likeness (QED) is 0.698. The molecule has 3 aromatic rings. The molecule has 0 atom stereocenters. The van der Waals surface area contributed by atoms with E-state index >= 15 is 0 Å². The number of fused-ring (bicyclic) bond motifs is 1. The lowest BCUT2D eigenvalue weighted by molar-refractivity contribution is 0.0967. The molecular weight excluding hydrogens is 329 g/mol. The zero-order valence-electron chi connectivity index (χ0n) is 10.6. The third-order valence-corrected chi connectivity index (χ3v) is 4.49. The van der Waals surface area contributed by atoms with E-state index < -0.39 is 0 Å². The number of anilines is 1. The first-order valence-corrected chi connectivity index (χ1v) is 7.56. The van der Waals surface area contributed by atoms with Crippen LogP contribution in [0.15, 0.2) is 42.7 Å². The van der Waals surface area contributed by atoms with Gasteiger partial charge in [-0.3, -0.25) is 20.6 Å². The summed E-state index contributed by atoms with van der Waals surface area (Å²) in [5, 5.41) is 1.70. The fraction of sp³-hybridized carbons (Fsp3) is 0. The third-order valence-electron chi connectivity index (χ3n) is 2.80. The number of hydrogen-bond donors (Lipinski definition) is 2. The summed E-state index contributed by atoms with van der Waals surface area (Å²) in [6.07, 6.45) is 2.89. The van der Waals surface area contributed by atoms with Gasteiger partial charge in [-0.1, -0.05) is 41.4 Å². The van der Waals surface area contributed by atoms with E-state index in [0.29, 0.717) is 20.6 Å². The van der Waals surface area contributed by atoms with Crippen LogP contribution in [0.3, 0.4) is 0 Å². The highest BCUT2D eigenvalue weighted by atomic mass is 35.5. The number of amides is 1. The van der Waals surface area contributed by atoms with Gasteiger partial charge in [-0.25, -0.2) is 0 Å². The van der Waals surface area contributed by atoms with E-state index in [1.165, 1.54) is 23.7 Å². The molecule has 2 aromatic heterocycles. The number of aromatic nitrogens is 1. The Kier molecular flexibility index (Phi) is 3.96. The number of halogens is 2. The Morgan fingerprint density at radius 2 is 1.86 bits per heavy atom. The van der Waals surface area contributed by atoms with E-state index in [1.54, 1.807) is 0 Å². The van der Waals surface area contributed by atoms with E-state index in [4.69, 9.17) is 23.2 Å². The Hall–Kier alpha value is -1.82. The molecule has 2 N–H and O–H groups in total. The molecule has 0 aliphatic rings. The highest BCUT2D eigenvalue weighted by molar-refractivity contribution is 7.20. The van der Waals surface area contributed by atoms with Crippen LogP contribution < -0.4 is 10.9 Å².